The van der Waals surface area contributed by atoms with E-state index in [-0.39, 0.29) is 34.6 Å². The highest BCUT2D eigenvalue weighted by molar-refractivity contribution is 14.0. The predicted octanol–water partition coefficient (Wildman–Crippen LogP) is 4.19. The average molecular weight is 504 g/mol. The van der Waals surface area contributed by atoms with Gasteiger partial charge in [0, 0.05) is 49.3 Å². The van der Waals surface area contributed by atoms with Crippen LogP contribution in [0.2, 0.25) is 0 Å². The maximum absolute atomic E-state index is 12.0. The van der Waals surface area contributed by atoms with Gasteiger partial charge >= 0.3 is 0 Å². The topological polar surface area (TPSA) is 56.7 Å². The monoisotopic (exact) mass is 504 g/mol. The summed E-state index contributed by atoms with van der Waals surface area (Å²) in [6.07, 6.45) is 0.540. The van der Waals surface area contributed by atoms with Crippen LogP contribution in [0.15, 0.2) is 29.3 Å². The summed E-state index contributed by atoms with van der Waals surface area (Å²) in [7, 11) is 1.83. The summed E-state index contributed by atoms with van der Waals surface area (Å²) >= 11 is 2.01. The summed E-state index contributed by atoms with van der Waals surface area (Å²) in [4.78, 5) is 18.7. The number of rotatable bonds is 5. The molecule has 0 atom stereocenters. The molecule has 1 saturated heterocycles. The fraction of sp³-hybridized carbons (Fsp3) is 0.600. The van der Waals surface area contributed by atoms with Crippen LogP contribution in [0.3, 0.4) is 0 Å². The van der Waals surface area contributed by atoms with E-state index in [1.165, 1.54) is 0 Å². The molecule has 1 heterocycles. The van der Waals surface area contributed by atoms with Crippen molar-refractivity contribution in [3.05, 3.63) is 29.8 Å². The Labute approximate surface area is 185 Å². The van der Waals surface area contributed by atoms with Crippen molar-refractivity contribution in [3.8, 4) is 0 Å². The Kier molecular flexibility index (Phi) is 9.94. The Balaban J connectivity index is 0.00000364. The van der Waals surface area contributed by atoms with Gasteiger partial charge in [0.15, 0.2) is 5.96 Å². The van der Waals surface area contributed by atoms with E-state index < -0.39 is 0 Å². The molecule has 0 unspecified atom stereocenters. The first-order valence-corrected chi connectivity index (χ1v) is 10.3. The lowest BCUT2D eigenvalue weighted by atomic mass is 10.1. The first kappa shape index (κ1) is 24.1. The molecule has 1 aromatic rings. The van der Waals surface area contributed by atoms with Crippen LogP contribution in [0.4, 0.5) is 5.69 Å². The molecule has 0 bridgehead atoms. The highest BCUT2D eigenvalue weighted by atomic mass is 127. The number of nitrogens with zero attached hydrogens (tertiary/aromatic N) is 2. The van der Waals surface area contributed by atoms with Gasteiger partial charge in [0.25, 0.3) is 0 Å². The Morgan fingerprint density at radius 1 is 1.37 bits per heavy atom. The van der Waals surface area contributed by atoms with Crippen LogP contribution in [0, 0.1) is 5.92 Å². The van der Waals surface area contributed by atoms with Crippen LogP contribution >= 0.6 is 35.7 Å². The number of carbonyl (C=O) groups is 1. The van der Waals surface area contributed by atoms with E-state index in [1.807, 2.05) is 50.9 Å². The minimum absolute atomic E-state index is 0. The summed E-state index contributed by atoms with van der Waals surface area (Å²) in [6.45, 7) is 11.3. The van der Waals surface area contributed by atoms with E-state index in [4.69, 9.17) is 0 Å². The molecule has 27 heavy (non-hydrogen) atoms. The fourth-order valence-electron chi connectivity index (χ4n) is 3.05. The lowest BCUT2D eigenvalue weighted by Crippen LogP contribution is -2.50. The molecule has 0 aromatic heterocycles. The molecular weight excluding hydrogens is 471 g/mol. The fourth-order valence-corrected chi connectivity index (χ4v) is 4.16. The molecule has 0 aliphatic carbocycles. The van der Waals surface area contributed by atoms with Crippen molar-refractivity contribution >= 4 is 53.3 Å². The molecule has 0 radical (unpaired) electrons. The number of anilines is 1. The maximum Gasteiger partial charge on any atom is 0.224 e. The Morgan fingerprint density at radius 3 is 2.74 bits per heavy atom. The number of benzene rings is 1. The number of aliphatic imine (C=N–C) groups is 1. The van der Waals surface area contributed by atoms with Gasteiger partial charge < -0.3 is 15.5 Å². The number of amides is 1. The second-order valence-corrected chi connectivity index (χ2v) is 9.58. The second kappa shape index (κ2) is 11.1. The molecule has 7 heteroatoms. The average Bonchev–Trinajstić information content (AvgIpc) is 2.54. The van der Waals surface area contributed by atoms with E-state index in [0.29, 0.717) is 18.9 Å². The number of halogens is 1. The van der Waals surface area contributed by atoms with Crippen molar-refractivity contribution in [2.45, 2.75) is 45.4 Å². The predicted molar refractivity (Wildman–Crippen MR) is 128 cm³/mol. The van der Waals surface area contributed by atoms with Gasteiger partial charge in [-0.25, -0.2) is 0 Å². The van der Waals surface area contributed by atoms with Crippen LogP contribution in [-0.2, 0) is 11.3 Å². The number of thioether (sulfide) groups is 1. The second-order valence-electron chi connectivity index (χ2n) is 7.78. The smallest absolute Gasteiger partial charge is 0.224 e. The zero-order valence-electron chi connectivity index (χ0n) is 17.0. The number of hydrogen-bond acceptors (Lipinski definition) is 3. The summed E-state index contributed by atoms with van der Waals surface area (Å²) in [6, 6.07) is 8.00. The normalized spacial score (nSPS) is 16.7. The number of hydrogen-bond donors (Lipinski definition) is 2. The van der Waals surface area contributed by atoms with Crippen molar-refractivity contribution < 1.29 is 4.79 Å². The van der Waals surface area contributed by atoms with E-state index in [9.17, 15) is 4.79 Å². The van der Waals surface area contributed by atoms with Crippen LogP contribution in [0.1, 0.15) is 39.7 Å². The first-order chi connectivity index (χ1) is 12.3. The molecule has 1 amide bonds. The van der Waals surface area contributed by atoms with E-state index >= 15 is 0 Å². The van der Waals surface area contributed by atoms with Gasteiger partial charge in [-0.3, -0.25) is 9.79 Å². The van der Waals surface area contributed by atoms with Crippen LogP contribution in [-0.4, -0.2) is 47.4 Å². The molecule has 2 N–H and O–H groups in total. The molecule has 1 aliphatic heterocycles. The summed E-state index contributed by atoms with van der Waals surface area (Å²) in [5.74, 6) is 2.47. The van der Waals surface area contributed by atoms with Crippen molar-refractivity contribution in [3.63, 3.8) is 0 Å². The Hall–Kier alpha value is -0.960. The Bertz CT molecular complexity index is 649. The lowest BCUT2D eigenvalue weighted by Gasteiger charge is -2.39. The van der Waals surface area contributed by atoms with Gasteiger partial charge in [-0.1, -0.05) is 26.0 Å². The quantitative estimate of drug-likeness (QED) is 0.359. The van der Waals surface area contributed by atoms with Gasteiger partial charge in [0.2, 0.25) is 5.91 Å². The van der Waals surface area contributed by atoms with Crippen LogP contribution in [0.5, 0.6) is 0 Å². The molecule has 0 saturated carbocycles. The molecular formula is C20H33IN4OS. The van der Waals surface area contributed by atoms with Gasteiger partial charge in [0.1, 0.15) is 0 Å². The van der Waals surface area contributed by atoms with Gasteiger partial charge in [-0.2, -0.15) is 11.8 Å². The zero-order valence-corrected chi connectivity index (χ0v) is 20.2. The molecule has 2 rings (SSSR count). The molecule has 1 aliphatic rings. The number of nitrogens with one attached hydrogen (secondary N) is 2. The van der Waals surface area contributed by atoms with Crippen LogP contribution < -0.4 is 10.6 Å². The highest BCUT2D eigenvalue weighted by Crippen LogP contribution is 2.29. The third-order valence-corrected chi connectivity index (χ3v) is 5.49. The summed E-state index contributed by atoms with van der Waals surface area (Å²) < 4.78 is 0.247. The third kappa shape index (κ3) is 8.29. The van der Waals surface area contributed by atoms with E-state index in [1.54, 1.807) is 0 Å². The third-order valence-electron chi connectivity index (χ3n) is 4.19. The minimum atomic E-state index is 0. The van der Waals surface area contributed by atoms with Crippen molar-refractivity contribution in [1.29, 1.82) is 0 Å². The van der Waals surface area contributed by atoms with Crippen LogP contribution in [0.25, 0.3) is 0 Å². The van der Waals surface area contributed by atoms with Gasteiger partial charge in [-0.05, 0) is 37.5 Å². The van der Waals surface area contributed by atoms with Crippen molar-refractivity contribution in [1.82, 2.24) is 10.2 Å². The maximum atomic E-state index is 12.0. The Morgan fingerprint density at radius 2 is 2.11 bits per heavy atom. The lowest BCUT2D eigenvalue weighted by molar-refractivity contribution is -0.116. The molecule has 1 fully saturated rings. The SMILES string of the molecule is CN=C(NCc1cccc(NC(=O)CC(C)C)c1)N1CCSC(C)(C)C1.I. The van der Waals surface area contributed by atoms with Gasteiger partial charge in [0.05, 0.1) is 0 Å². The minimum Gasteiger partial charge on any atom is -0.352 e. The van der Waals surface area contributed by atoms with E-state index in [0.717, 1.165) is 36.1 Å². The van der Waals surface area contributed by atoms with Crippen molar-refractivity contribution in [2.24, 2.45) is 10.9 Å². The number of guanidine groups is 1. The highest BCUT2D eigenvalue weighted by Gasteiger charge is 2.28. The standard InChI is InChI=1S/C20H32N4OS.HI/c1-15(2)11-18(25)23-17-8-6-7-16(12-17)13-22-19(21-5)24-9-10-26-20(3,4)14-24;/h6-8,12,15H,9-11,13-14H2,1-5H3,(H,21,22)(H,23,25);1H. The summed E-state index contributed by atoms with van der Waals surface area (Å²) in [5.41, 5.74) is 1.97. The van der Waals surface area contributed by atoms with Gasteiger partial charge in [-0.15, -0.1) is 24.0 Å². The largest absolute Gasteiger partial charge is 0.352 e. The molecule has 5 nitrogen and oxygen atoms in total. The molecule has 0 spiro atoms. The molecule has 1 aromatic carbocycles. The van der Waals surface area contributed by atoms with Crippen molar-refractivity contribution in [2.75, 3.05) is 31.2 Å². The zero-order chi connectivity index (χ0) is 19.2. The first-order valence-electron chi connectivity index (χ1n) is 9.27. The summed E-state index contributed by atoms with van der Waals surface area (Å²) in [5, 5.41) is 6.44. The molecule has 152 valence electrons. The van der Waals surface area contributed by atoms with E-state index in [2.05, 4.69) is 40.4 Å². The number of carbonyl (C=O) groups excluding carboxylic acids is 1.